The number of hydrogen-bond donors (Lipinski definition) is 0. The fraction of sp³-hybridized carbons (Fsp3) is 0.455. The van der Waals surface area contributed by atoms with E-state index in [-0.39, 0.29) is 0 Å². The van der Waals surface area contributed by atoms with Crippen molar-refractivity contribution in [2.24, 2.45) is 0 Å². The number of methoxy groups -OCH3 is 1. The molecule has 1 heterocycles. The van der Waals surface area contributed by atoms with Gasteiger partial charge in [-0.05, 0) is 6.07 Å². The summed E-state index contributed by atoms with van der Waals surface area (Å²) in [7, 11) is 1.67. The van der Waals surface area contributed by atoms with Gasteiger partial charge in [-0.15, -0.1) is 0 Å². The van der Waals surface area contributed by atoms with Gasteiger partial charge in [0.1, 0.15) is 11.9 Å². The summed E-state index contributed by atoms with van der Waals surface area (Å²) in [4.78, 5) is 0. The lowest BCUT2D eigenvalue weighted by atomic mass is 10.2. The normalized spacial score (nSPS) is 19.4. The molecular formula is C11H14O3. The second-order valence-corrected chi connectivity index (χ2v) is 3.28. The molecule has 76 valence electrons. The Balaban J connectivity index is 1.86. The largest absolute Gasteiger partial charge is 0.496 e. The average molecular weight is 194 g/mol. The van der Waals surface area contributed by atoms with Gasteiger partial charge in [0.25, 0.3) is 0 Å². The standard InChI is InChI=1S/C11H14O3/c1-12-11-5-3-2-4-9(11)6-13-7-10-8-14-10/h2-5,10H,6-8H2,1H3. The molecule has 0 saturated carbocycles. The number of para-hydroxylation sites is 1. The highest BCUT2D eigenvalue weighted by Crippen LogP contribution is 2.18. The van der Waals surface area contributed by atoms with E-state index in [2.05, 4.69) is 0 Å². The van der Waals surface area contributed by atoms with Crippen molar-refractivity contribution in [1.29, 1.82) is 0 Å². The van der Waals surface area contributed by atoms with Gasteiger partial charge in [0.2, 0.25) is 0 Å². The van der Waals surface area contributed by atoms with Crippen LogP contribution >= 0.6 is 0 Å². The highest BCUT2D eigenvalue weighted by Gasteiger charge is 2.22. The molecule has 0 spiro atoms. The molecule has 1 unspecified atom stereocenters. The number of epoxide rings is 1. The Morgan fingerprint density at radius 2 is 2.21 bits per heavy atom. The third-order valence-electron chi connectivity index (χ3n) is 2.16. The maximum atomic E-state index is 5.48. The molecule has 1 saturated heterocycles. The second-order valence-electron chi connectivity index (χ2n) is 3.28. The minimum absolute atomic E-state index is 0.324. The van der Waals surface area contributed by atoms with Crippen LogP contribution in [-0.2, 0) is 16.1 Å². The van der Waals surface area contributed by atoms with Gasteiger partial charge in [-0.1, -0.05) is 18.2 Å². The van der Waals surface area contributed by atoms with Crippen molar-refractivity contribution in [2.45, 2.75) is 12.7 Å². The Hall–Kier alpha value is -1.06. The van der Waals surface area contributed by atoms with E-state index in [4.69, 9.17) is 14.2 Å². The average Bonchev–Trinajstić information content (AvgIpc) is 3.03. The molecule has 1 aliphatic heterocycles. The highest BCUT2D eigenvalue weighted by atomic mass is 16.6. The Morgan fingerprint density at radius 1 is 1.43 bits per heavy atom. The molecule has 0 aromatic heterocycles. The molecule has 0 aliphatic carbocycles. The summed E-state index contributed by atoms with van der Waals surface area (Å²) in [6, 6.07) is 7.88. The molecular weight excluding hydrogens is 180 g/mol. The SMILES string of the molecule is COc1ccccc1COCC1CO1. The van der Waals surface area contributed by atoms with Gasteiger partial charge in [-0.2, -0.15) is 0 Å². The van der Waals surface area contributed by atoms with Crippen molar-refractivity contribution < 1.29 is 14.2 Å². The molecule has 1 aromatic carbocycles. The lowest BCUT2D eigenvalue weighted by Crippen LogP contribution is -2.02. The minimum Gasteiger partial charge on any atom is -0.496 e. The first-order chi connectivity index (χ1) is 6.90. The van der Waals surface area contributed by atoms with E-state index >= 15 is 0 Å². The number of hydrogen-bond acceptors (Lipinski definition) is 3. The summed E-state index contributed by atoms with van der Waals surface area (Å²) < 4.78 is 15.7. The third kappa shape index (κ3) is 2.47. The maximum absolute atomic E-state index is 5.48. The van der Waals surface area contributed by atoms with Crippen molar-refractivity contribution in [3.05, 3.63) is 29.8 Å². The summed E-state index contributed by atoms with van der Waals surface area (Å²) in [5, 5.41) is 0. The summed E-state index contributed by atoms with van der Waals surface area (Å²) in [6.45, 7) is 2.11. The van der Waals surface area contributed by atoms with Gasteiger partial charge in [-0.25, -0.2) is 0 Å². The van der Waals surface area contributed by atoms with E-state index < -0.39 is 0 Å². The van der Waals surface area contributed by atoms with Crippen LogP contribution in [0.2, 0.25) is 0 Å². The van der Waals surface area contributed by atoms with Crippen molar-refractivity contribution >= 4 is 0 Å². The van der Waals surface area contributed by atoms with Gasteiger partial charge in [0, 0.05) is 5.56 Å². The zero-order valence-corrected chi connectivity index (χ0v) is 8.23. The lowest BCUT2D eigenvalue weighted by Gasteiger charge is -2.07. The van der Waals surface area contributed by atoms with Crippen LogP contribution in [0, 0.1) is 0 Å². The molecule has 1 atom stereocenters. The Kier molecular flexibility index (Phi) is 3.01. The molecule has 14 heavy (non-hydrogen) atoms. The fourth-order valence-corrected chi connectivity index (χ4v) is 1.29. The van der Waals surface area contributed by atoms with Crippen LogP contribution in [0.3, 0.4) is 0 Å². The van der Waals surface area contributed by atoms with Crippen LogP contribution in [0.1, 0.15) is 5.56 Å². The van der Waals surface area contributed by atoms with Crippen LogP contribution in [0.5, 0.6) is 5.75 Å². The van der Waals surface area contributed by atoms with Crippen LogP contribution in [0.15, 0.2) is 24.3 Å². The van der Waals surface area contributed by atoms with Gasteiger partial charge in [-0.3, -0.25) is 0 Å². The van der Waals surface area contributed by atoms with Crippen molar-refractivity contribution in [3.63, 3.8) is 0 Å². The fourth-order valence-electron chi connectivity index (χ4n) is 1.29. The quantitative estimate of drug-likeness (QED) is 0.667. The first kappa shape index (κ1) is 9.49. The van der Waals surface area contributed by atoms with E-state index in [1.165, 1.54) is 0 Å². The van der Waals surface area contributed by atoms with Gasteiger partial charge in [0.15, 0.2) is 0 Å². The van der Waals surface area contributed by atoms with Crippen LogP contribution < -0.4 is 4.74 Å². The van der Waals surface area contributed by atoms with E-state index in [9.17, 15) is 0 Å². The Labute approximate surface area is 83.6 Å². The van der Waals surface area contributed by atoms with E-state index in [0.29, 0.717) is 19.3 Å². The third-order valence-corrected chi connectivity index (χ3v) is 2.16. The lowest BCUT2D eigenvalue weighted by molar-refractivity contribution is 0.102. The minimum atomic E-state index is 0.324. The molecule has 1 aromatic rings. The first-order valence-electron chi connectivity index (χ1n) is 4.71. The summed E-state index contributed by atoms with van der Waals surface area (Å²) >= 11 is 0. The molecule has 2 rings (SSSR count). The van der Waals surface area contributed by atoms with E-state index in [0.717, 1.165) is 17.9 Å². The van der Waals surface area contributed by atoms with Crippen molar-refractivity contribution in [2.75, 3.05) is 20.3 Å². The summed E-state index contributed by atoms with van der Waals surface area (Å²) in [5.41, 5.74) is 1.08. The Bertz CT molecular complexity index is 294. The molecule has 0 N–H and O–H groups in total. The number of rotatable bonds is 5. The molecule has 1 fully saturated rings. The maximum Gasteiger partial charge on any atom is 0.124 e. The zero-order valence-electron chi connectivity index (χ0n) is 8.23. The van der Waals surface area contributed by atoms with Crippen LogP contribution in [0.25, 0.3) is 0 Å². The predicted octanol–water partition coefficient (Wildman–Crippen LogP) is 1.61. The number of benzene rings is 1. The van der Waals surface area contributed by atoms with Gasteiger partial charge in [0.05, 0.1) is 26.9 Å². The summed E-state index contributed by atoms with van der Waals surface area (Å²) in [5.74, 6) is 0.879. The number of ether oxygens (including phenoxy) is 3. The smallest absolute Gasteiger partial charge is 0.124 e. The molecule has 3 nitrogen and oxygen atoms in total. The van der Waals surface area contributed by atoms with E-state index in [1.54, 1.807) is 7.11 Å². The first-order valence-corrected chi connectivity index (χ1v) is 4.71. The topological polar surface area (TPSA) is 31.0 Å². The predicted molar refractivity (Wildman–Crippen MR) is 52.4 cm³/mol. The molecule has 1 aliphatic rings. The second kappa shape index (κ2) is 4.44. The van der Waals surface area contributed by atoms with Gasteiger partial charge < -0.3 is 14.2 Å². The zero-order chi connectivity index (χ0) is 9.80. The molecule has 0 radical (unpaired) electrons. The summed E-state index contributed by atoms with van der Waals surface area (Å²) in [6.07, 6.45) is 0.324. The Morgan fingerprint density at radius 3 is 2.93 bits per heavy atom. The molecule has 3 heteroatoms. The van der Waals surface area contributed by atoms with Crippen molar-refractivity contribution in [1.82, 2.24) is 0 Å². The van der Waals surface area contributed by atoms with Gasteiger partial charge >= 0.3 is 0 Å². The van der Waals surface area contributed by atoms with Crippen molar-refractivity contribution in [3.8, 4) is 5.75 Å². The monoisotopic (exact) mass is 194 g/mol. The van der Waals surface area contributed by atoms with Crippen LogP contribution in [0.4, 0.5) is 0 Å². The highest BCUT2D eigenvalue weighted by molar-refractivity contribution is 5.32. The van der Waals surface area contributed by atoms with E-state index in [1.807, 2.05) is 24.3 Å². The molecule has 0 bridgehead atoms. The molecule has 0 amide bonds. The van der Waals surface area contributed by atoms with Crippen LogP contribution in [-0.4, -0.2) is 26.4 Å².